The topological polar surface area (TPSA) is 246 Å². The number of carbonyl (C=O) groups excluding carboxylic acids is 2. The number of benzene rings is 1. The Kier molecular flexibility index (Phi) is 21.5. The van der Waals surface area contributed by atoms with Gasteiger partial charge in [0.1, 0.15) is 35.3 Å². The van der Waals surface area contributed by atoms with E-state index in [0.717, 1.165) is 12.0 Å². The standard InChI is InChI=1S/C55H90N4O16/c1-17-41-55(10,67)47(63)32(4)43(60)30(2)27-53(8,68-15)48(75-52-45(62)40(57(11)12)25-31(3)71-52)33(5)46(34(6)51(66)73-41)74-42-28-54(9,69-16)49(35(7)72-42)70-24-23-56-22-18-19-36-20-21-39-37(26-36)44(61)38(50(64)65)29-59(39)58(13)14/h20-21,26,29-35,40-42,45-49,52,56,62-63,67H,17-19,22-25,27-28H2,1-16H3,(H,64,65)/t30-,31-,32+,33+,34-,35+,40+,41-,42+,45-,46+,47-,48-,49+,52+,53-,54-,55-/m1/s1. The van der Waals surface area contributed by atoms with Crippen molar-refractivity contribution >= 4 is 28.6 Å². The normalized spacial score (nSPS) is 37.6. The Morgan fingerprint density at radius 3 is 2.15 bits per heavy atom. The van der Waals surface area contributed by atoms with Gasteiger partial charge in [-0.2, -0.15) is 0 Å². The number of pyridine rings is 1. The molecule has 5 N–H and O–H groups in total. The summed E-state index contributed by atoms with van der Waals surface area (Å²) in [5, 5.41) is 50.4. The van der Waals surface area contributed by atoms with Gasteiger partial charge in [-0.05, 0) is 112 Å². The summed E-state index contributed by atoms with van der Waals surface area (Å²) in [6.07, 6.45) is -5.76. The van der Waals surface area contributed by atoms with Crippen LogP contribution in [-0.4, -0.2) is 194 Å². The summed E-state index contributed by atoms with van der Waals surface area (Å²) in [5.74, 6) is -5.91. The van der Waals surface area contributed by atoms with Gasteiger partial charge in [0, 0.05) is 76.7 Å². The van der Waals surface area contributed by atoms with Gasteiger partial charge in [-0.15, -0.1) is 0 Å². The average Bonchev–Trinajstić information content (AvgIpc) is 3.35. The molecule has 1 aromatic heterocycles. The number of rotatable bonds is 18. The maximum absolute atomic E-state index is 14.6. The molecule has 18 atom stereocenters. The summed E-state index contributed by atoms with van der Waals surface area (Å²) in [7, 11) is 10.4. The SMILES string of the molecule is CC[C@H]1OC(=O)[C@H](C)[C@@H](O[C@H]2C[C@@](C)(OC)[C@@H](OCCNCCCc3ccc4c(c3)c(=O)c(C(=O)O)cn4N(C)C)[C@H](C)O2)[C@H](C)[C@@H](O[C@@H]2O[C@H](C)C[C@H](N(C)C)[C@H]2O)[C@](C)(OC)C[C@@H](C)C(=O)[C@H](C)[C@@H](O)[C@]1(C)O. The van der Waals surface area contributed by atoms with Crippen molar-refractivity contribution < 1.29 is 72.7 Å². The van der Waals surface area contributed by atoms with Gasteiger partial charge < -0.3 is 73.5 Å². The molecule has 5 rings (SSSR count). The van der Waals surface area contributed by atoms with Crippen LogP contribution >= 0.6 is 0 Å². The van der Waals surface area contributed by atoms with Gasteiger partial charge in [0.05, 0.1) is 59.8 Å². The molecule has 75 heavy (non-hydrogen) atoms. The number of nitrogens with zero attached hydrogens (tertiary/aromatic N) is 3. The highest BCUT2D eigenvalue weighted by molar-refractivity contribution is 5.93. The Labute approximate surface area is 443 Å². The molecule has 20 nitrogen and oxygen atoms in total. The molecule has 2 aromatic rings. The molecule has 0 bridgehead atoms. The zero-order valence-electron chi connectivity index (χ0n) is 47.4. The number of aliphatic hydroxyl groups excluding tert-OH is 2. The second-order valence-electron chi connectivity index (χ2n) is 22.6. The predicted octanol–water partition coefficient (Wildman–Crippen LogP) is 3.90. The number of carbonyl (C=O) groups is 3. The number of likely N-dealkylation sites (N-methyl/N-ethyl adjacent to an activating group) is 1. The lowest BCUT2D eigenvalue weighted by atomic mass is 9.74. The van der Waals surface area contributed by atoms with Crippen LogP contribution in [0.4, 0.5) is 0 Å². The molecule has 0 unspecified atom stereocenters. The minimum Gasteiger partial charge on any atom is -0.477 e. The van der Waals surface area contributed by atoms with E-state index < -0.39 is 113 Å². The fourth-order valence-corrected chi connectivity index (χ4v) is 11.7. The number of hydrogen-bond donors (Lipinski definition) is 5. The highest BCUT2D eigenvalue weighted by Crippen LogP contribution is 2.42. The van der Waals surface area contributed by atoms with Gasteiger partial charge in [0.15, 0.2) is 12.6 Å². The van der Waals surface area contributed by atoms with E-state index in [1.54, 1.807) is 64.7 Å². The summed E-state index contributed by atoms with van der Waals surface area (Å²) >= 11 is 0. The summed E-state index contributed by atoms with van der Waals surface area (Å²) in [5.41, 5.74) is -3.53. The van der Waals surface area contributed by atoms with Crippen LogP contribution in [0.5, 0.6) is 0 Å². The van der Waals surface area contributed by atoms with Crippen LogP contribution < -0.4 is 15.8 Å². The Morgan fingerprint density at radius 2 is 1.55 bits per heavy atom. The van der Waals surface area contributed by atoms with Crippen molar-refractivity contribution in [1.82, 2.24) is 14.9 Å². The van der Waals surface area contributed by atoms with Crippen molar-refractivity contribution in [3.05, 3.63) is 45.7 Å². The number of fused-ring (bicyclic) bond motifs is 1. The zero-order chi connectivity index (χ0) is 56.1. The van der Waals surface area contributed by atoms with Crippen LogP contribution in [0.3, 0.4) is 0 Å². The molecule has 3 saturated heterocycles. The Bertz CT molecular complexity index is 2300. The van der Waals surface area contributed by atoms with Crippen LogP contribution in [-0.2, 0) is 53.9 Å². The molecule has 0 radical (unpaired) electrons. The molecule has 0 aliphatic carbocycles. The van der Waals surface area contributed by atoms with Crippen LogP contribution in [0.15, 0.2) is 29.2 Å². The molecular formula is C55H90N4O16. The number of aromatic carboxylic acids is 1. The van der Waals surface area contributed by atoms with Crippen molar-refractivity contribution in [3.63, 3.8) is 0 Å². The first-order valence-corrected chi connectivity index (χ1v) is 26.7. The number of ether oxygens (including phenoxy) is 8. The Morgan fingerprint density at radius 1 is 0.893 bits per heavy atom. The third-order valence-corrected chi connectivity index (χ3v) is 16.3. The van der Waals surface area contributed by atoms with E-state index >= 15 is 0 Å². The Hall–Kier alpha value is -3.64. The number of Topliss-reactive ketones (excluding diaryl/α,β-unsaturated/α-hetero) is 1. The largest absolute Gasteiger partial charge is 0.477 e. The van der Waals surface area contributed by atoms with Gasteiger partial charge in [0.25, 0.3) is 0 Å². The number of aryl methyl sites for hydroxylation is 1. The zero-order valence-corrected chi connectivity index (χ0v) is 47.4. The number of aromatic nitrogens is 1. The first kappa shape index (κ1) is 62.2. The van der Waals surface area contributed by atoms with Crippen molar-refractivity contribution in [2.24, 2.45) is 23.7 Å². The minimum absolute atomic E-state index is 0.0866. The average molecular weight is 1060 g/mol. The number of ketones is 1. The lowest BCUT2D eigenvalue weighted by molar-refractivity contribution is -0.322. The molecule has 3 fully saturated rings. The van der Waals surface area contributed by atoms with Crippen LogP contribution in [0.1, 0.15) is 117 Å². The fourth-order valence-electron chi connectivity index (χ4n) is 11.7. The fraction of sp³-hybridized carbons (Fsp3) is 0.782. The van der Waals surface area contributed by atoms with E-state index in [-0.39, 0.29) is 42.8 Å². The van der Waals surface area contributed by atoms with Crippen molar-refractivity contribution in [1.29, 1.82) is 0 Å². The molecule has 4 heterocycles. The number of hydrogen-bond acceptors (Lipinski definition) is 18. The maximum atomic E-state index is 14.6. The van der Waals surface area contributed by atoms with E-state index in [2.05, 4.69) is 5.32 Å². The van der Waals surface area contributed by atoms with Gasteiger partial charge in [-0.1, -0.05) is 33.8 Å². The summed E-state index contributed by atoms with van der Waals surface area (Å²) in [6, 6.07) is 5.23. The number of nitrogens with one attached hydrogen (secondary N) is 1. The molecule has 0 amide bonds. The van der Waals surface area contributed by atoms with Crippen molar-refractivity contribution in [3.8, 4) is 0 Å². The molecule has 3 aliphatic rings. The van der Waals surface area contributed by atoms with Crippen LogP contribution in [0, 0.1) is 23.7 Å². The van der Waals surface area contributed by atoms with Gasteiger partial charge >= 0.3 is 11.9 Å². The lowest BCUT2D eigenvalue weighted by Crippen LogP contribution is -2.61. The second-order valence-corrected chi connectivity index (χ2v) is 22.6. The third-order valence-electron chi connectivity index (χ3n) is 16.3. The number of methoxy groups -OCH3 is 2. The summed E-state index contributed by atoms with van der Waals surface area (Å²) in [4.78, 5) is 55.6. The number of cyclic esters (lactones) is 1. The van der Waals surface area contributed by atoms with Crippen molar-refractivity contribution in [2.75, 3.05) is 67.1 Å². The van der Waals surface area contributed by atoms with E-state index in [0.29, 0.717) is 43.4 Å². The number of esters is 1. The molecule has 1 aromatic carbocycles. The van der Waals surface area contributed by atoms with Gasteiger partial charge in [0.2, 0.25) is 5.43 Å². The van der Waals surface area contributed by atoms with E-state index in [1.165, 1.54) is 20.2 Å². The monoisotopic (exact) mass is 1060 g/mol. The van der Waals surface area contributed by atoms with Gasteiger partial charge in [-0.25, -0.2) is 4.79 Å². The number of carboxylic acid groups (broad SMARTS) is 1. The smallest absolute Gasteiger partial charge is 0.341 e. The molecular weight excluding hydrogens is 973 g/mol. The Balaban J connectivity index is 1.36. The van der Waals surface area contributed by atoms with Crippen LogP contribution in [0.25, 0.3) is 10.9 Å². The second kappa shape index (κ2) is 25.9. The maximum Gasteiger partial charge on any atom is 0.341 e. The van der Waals surface area contributed by atoms with E-state index in [1.807, 2.05) is 65.7 Å². The minimum atomic E-state index is -2.00. The highest BCUT2D eigenvalue weighted by atomic mass is 16.7. The number of carboxylic acids is 1. The molecule has 3 aliphatic heterocycles. The molecule has 426 valence electrons. The summed E-state index contributed by atoms with van der Waals surface area (Å²) in [6.45, 7) is 18.9. The van der Waals surface area contributed by atoms with E-state index in [9.17, 15) is 39.6 Å². The molecule has 0 spiro atoms. The first-order valence-electron chi connectivity index (χ1n) is 26.7. The lowest BCUT2D eigenvalue weighted by Gasteiger charge is -2.50. The molecule has 20 heteroatoms. The summed E-state index contributed by atoms with van der Waals surface area (Å²) < 4.78 is 53.7. The molecule has 0 saturated carbocycles. The van der Waals surface area contributed by atoms with Crippen molar-refractivity contribution in [2.45, 2.75) is 192 Å². The number of aliphatic hydroxyl groups is 3. The van der Waals surface area contributed by atoms with Gasteiger partial charge in [-0.3, -0.25) is 19.1 Å². The van der Waals surface area contributed by atoms with Crippen LogP contribution in [0.2, 0.25) is 0 Å². The first-order chi connectivity index (χ1) is 35.1. The quantitative estimate of drug-likeness (QED) is 0.105. The van der Waals surface area contributed by atoms with E-state index in [4.69, 9.17) is 37.9 Å². The third kappa shape index (κ3) is 14.0. The predicted molar refractivity (Wildman–Crippen MR) is 281 cm³/mol. The highest BCUT2D eigenvalue weighted by Gasteiger charge is 2.54.